The van der Waals surface area contributed by atoms with Crippen LogP contribution >= 0.6 is 0 Å². The van der Waals surface area contributed by atoms with Crippen LogP contribution < -0.4 is 9.64 Å². The largest absolute Gasteiger partial charge is 0.495 e. The van der Waals surface area contributed by atoms with Gasteiger partial charge in [0.15, 0.2) is 0 Å². The van der Waals surface area contributed by atoms with Gasteiger partial charge in [0.2, 0.25) is 5.91 Å². The van der Waals surface area contributed by atoms with Gasteiger partial charge in [-0.2, -0.15) is 0 Å². The summed E-state index contributed by atoms with van der Waals surface area (Å²) in [5.41, 5.74) is 1.09. The molecule has 0 saturated carbocycles. The molecule has 0 bridgehead atoms. The summed E-state index contributed by atoms with van der Waals surface area (Å²) in [4.78, 5) is 35.7. The van der Waals surface area contributed by atoms with Gasteiger partial charge in [-0.3, -0.25) is 19.6 Å². The molecular weight excluding hydrogens is 420 g/mol. The highest BCUT2D eigenvalue weighted by Crippen LogP contribution is 2.29. The smallest absolute Gasteiger partial charge is 0.415 e. The van der Waals surface area contributed by atoms with Crippen LogP contribution in [0.15, 0.2) is 48.8 Å². The minimum Gasteiger partial charge on any atom is -0.495 e. The number of amides is 2. The Labute approximate surface area is 196 Å². The Morgan fingerprint density at radius 1 is 1.03 bits per heavy atom. The van der Waals surface area contributed by atoms with E-state index in [0.29, 0.717) is 24.5 Å². The minimum absolute atomic E-state index is 0.105. The van der Waals surface area contributed by atoms with Crippen molar-refractivity contribution in [2.75, 3.05) is 51.3 Å². The van der Waals surface area contributed by atoms with Crippen LogP contribution in [0.2, 0.25) is 0 Å². The third kappa shape index (κ3) is 7.18. The summed E-state index contributed by atoms with van der Waals surface area (Å²) in [6, 6.07) is 11.2. The van der Waals surface area contributed by atoms with Crippen LogP contribution in [-0.4, -0.2) is 78.8 Å². The first-order chi connectivity index (χ1) is 15.8. The van der Waals surface area contributed by atoms with Crippen LogP contribution in [0, 0.1) is 0 Å². The molecule has 1 fully saturated rings. The first-order valence-electron chi connectivity index (χ1n) is 11.3. The van der Waals surface area contributed by atoms with Crippen molar-refractivity contribution in [2.45, 2.75) is 32.8 Å². The van der Waals surface area contributed by atoms with Gasteiger partial charge in [0.1, 0.15) is 17.9 Å². The topological polar surface area (TPSA) is 75.2 Å². The molecule has 0 spiro atoms. The van der Waals surface area contributed by atoms with Crippen molar-refractivity contribution in [3.63, 3.8) is 0 Å². The van der Waals surface area contributed by atoms with E-state index in [9.17, 15) is 9.59 Å². The van der Waals surface area contributed by atoms with E-state index < -0.39 is 11.7 Å². The van der Waals surface area contributed by atoms with Crippen LogP contribution in [0.5, 0.6) is 5.75 Å². The molecule has 2 heterocycles. The van der Waals surface area contributed by atoms with Gasteiger partial charge >= 0.3 is 6.09 Å². The summed E-state index contributed by atoms with van der Waals surface area (Å²) in [6.07, 6.45) is 4.00. The number of carbonyl (C=O) groups is 2. The zero-order valence-electron chi connectivity index (χ0n) is 20.0. The van der Waals surface area contributed by atoms with Gasteiger partial charge in [-0.25, -0.2) is 4.79 Å². The Hall–Kier alpha value is -3.13. The lowest BCUT2D eigenvalue weighted by molar-refractivity contribution is -0.131. The van der Waals surface area contributed by atoms with E-state index in [1.54, 1.807) is 46.1 Å². The molecule has 0 radical (unpaired) electrons. The third-order valence-corrected chi connectivity index (χ3v) is 5.47. The number of nitrogens with zero attached hydrogens (tertiary/aromatic N) is 4. The van der Waals surface area contributed by atoms with Crippen LogP contribution in [0.4, 0.5) is 10.5 Å². The van der Waals surface area contributed by atoms with E-state index in [2.05, 4.69) is 9.88 Å². The summed E-state index contributed by atoms with van der Waals surface area (Å²) in [5, 5.41) is 0. The molecule has 1 aromatic heterocycles. The number of benzene rings is 1. The maximum atomic E-state index is 13.1. The zero-order chi connectivity index (χ0) is 23.8. The van der Waals surface area contributed by atoms with Crippen LogP contribution in [0.3, 0.4) is 0 Å². The molecule has 8 heteroatoms. The lowest BCUT2D eigenvalue weighted by atomic mass is 10.2. The SMILES string of the molecule is COc1ccccc1N(CC(=O)N1CCN(CCc2ccncc2)CC1)C(=O)OC(C)(C)C. The monoisotopic (exact) mass is 454 g/mol. The van der Waals surface area contributed by atoms with E-state index in [4.69, 9.17) is 9.47 Å². The van der Waals surface area contributed by atoms with Crippen LogP contribution in [0.25, 0.3) is 0 Å². The highest BCUT2D eigenvalue weighted by molar-refractivity contribution is 5.96. The van der Waals surface area contributed by atoms with Gasteiger partial charge in [-0.05, 0) is 57.0 Å². The Balaban J connectivity index is 1.62. The standard InChI is InChI=1S/C25H34N4O4/c1-25(2,3)33-24(31)29(21-7-5-6-8-22(21)32-4)19-23(30)28-17-15-27(16-18-28)14-11-20-9-12-26-13-10-20/h5-10,12-13H,11,14-19H2,1-4H3. The molecule has 1 aromatic carbocycles. The summed E-state index contributed by atoms with van der Waals surface area (Å²) >= 11 is 0. The molecule has 2 aromatic rings. The Morgan fingerprint density at radius 2 is 1.70 bits per heavy atom. The number of aromatic nitrogens is 1. The van der Waals surface area contributed by atoms with Gasteiger partial charge in [0.05, 0.1) is 12.8 Å². The summed E-state index contributed by atoms with van der Waals surface area (Å²) in [5.74, 6) is 0.401. The molecule has 33 heavy (non-hydrogen) atoms. The van der Waals surface area contributed by atoms with E-state index in [-0.39, 0.29) is 12.5 Å². The maximum absolute atomic E-state index is 13.1. The highest BCUT2D eigenvalue weighted by atomic mass is 16.6. The molecule has 1 aliphatic heterocycles. The van der Waals surface area contributed by atoms with Gasteiger partial charge in [-0.15, -0.1) is 0 Å². The molecule has 8 nitrogen and oxygen atoms in total. The Kier molecular flexibility index (Phi) is 8.27. The second-order valence-corrected chi connectivity index (χ2v) is 9.07. The van der Waals surface area contributed by atoms with Crippen molar-refractivity contribution < 1.29 is 19.1 Å². The zero-order valence-corrected chi connectivity index (χ0v) is 20.0. The molecule has 1 saturated heterocycles. The van der Waals surface area contributed by atoms with Crippen molar-refractivity contribution in [1.82, 2.24) is 14.8 Å². The summed E-state index contributed by atoms with van der Waals surface area (Å²) in [7, 11) is 1.54. The summed E-state index contributed by atoms with van der Waals surface area (Å²) < 4.78 is 11.0. The second-order valence-electron chi connectivity index (χ2n) is 9.07. The van der Waals surface area contributed by atoms with Crippen molar-refractivity contribution in [2.24, 2.45) is 0 Å². The molecule has 2 amide bonds. The fourth-order valence-corrected chi connectivity index (χ4v) is 3.71. The number of hydrogen-bond donors (Lipinski definition) is 0. The maximum Gasteiger partial charge on any atom is 0.415 e. The number of hydrogen-bond acceptors (Lipinski definition) is 6. The molecular formula is C25H34N4O4. The third-order valence-electron chi connectivity index (χ3n) is 5.47. The van der Waals surface area contributed by atoms with Crippen molar-refractivity contribution in [3.8, 4) is 5.75 Å². The number of pyridine rings is 1. The first kappa shape index (κ1) is 24.5. The Bertz CT molecular complexity index is 922. The van der Waals surface area contributed by atoms with Gasteiger partial charge in [-0.1, -0.05) is 12.1 Å². The molecule has 0 atom stereocenters. The number of methoxy groups -OCH3 is 1. The summed E-state index contributed by atoms with van der Waals surface area (Å²) in [6.45, 7) is 9.11. The van der Waals surface area contributed by atoms with E-state index in [1.165, 1.54) is 10.5 Å². The lowest BCUT2D eigenvalue weighted by Gasteiger charge is -2.36. The van der Waals surface area contributed by atoms with Crippen molar-refractivity contribution >= 4 is 17.7 Å². The van der Waals surface area contributed by atoms with E-state index in [1.807, 2.05) is 35.5 Å². The van der Waals surface area contributed by atoms with Crippen molar-refractivity contribution in [1.29, 1.82) is 0 Å². The fraction of sp³-hybridized carbons (Fsp3) is 0.480. The molecule has 1 aliphatic rings. The Morgan fingerprint density at radius 3 is 2.33 bits per heavy atom. The van der Waals surface area contributed by atoms with Gasteiger partial charge in [0.25, 0.3) is 0 Å². The average molecular weight is 455 g/mol. The number of piperazine rings is 1. The normalized spacial score (nSPS) is 14.6. The van der Waals surface area contributed by atoms with Gasteiger partial charge < -0.3 is 14.4 Å². The predicted molar refractivity (Wildman–Crippen MR) is 128 cm³/mol. The molecule has 0 unspecified atom stereocenters. The minimum atomic E-state index is -0.680. The number of rotatable bonds is 7. The molecule has 178 valence electrons. The second kappa shape index (κ2) is 11.1. The number of carbonyl (C=O) groups excluding carboxylic acids is 2. The van der Waals surface area contributed by atoms with Crippen LogP contribution in [0.1, 0.15) is 26.3 Å². The number of anilines is 1. The molecule has 0 N–H and O–H groups in total. The predicted octanol–water partition coefficient (Wildman–Crippen LogP) is 3.22. The average Bonchev–Trinajstić information content (AvgIpc) is 2.81. The van der Waals surface area contributed by atoms with Crippen LogP contribution in [-0.2, 0) is 16.0 Å². The first-order valence-corrected chi connectivity index (χ1v) is 11.3. The number of ether oxygens (including phenoxy) is 2. The number of para-hydroxylation sites is 2. The fourth-order valence-electron chi connectivity index (χ4n) is 3.71. The quantitative estimate of drug-likeness (QED) is 0.640. The highest BCUT2D eigenvalue weighted by Gasteiger charge is 2.30. The molecule has 3 rings (SSSR count). The lowest BCUT2D eigenvalue weighted by Crippen LogP contribution is -2.52. The molecule has 0 aliphatic carbocycles. The van der Waals surface area contributed by atoms with Gasteiger partial charge in [0, 0.05) is 45.1 Å². The van der Waals surface area contributed by atoms with E-state index in [0.717, 1.165) is 26.1 Å². The van der Waals surface area contributed by atoms with Crippen molar-refractivity contribution in [3.05, 3.63) is 54.4 Å². The van der Waals surface area contributed by atoms with E-state index >= 15 is 0 Å².